The van der Waals surface area contributed by atoms with Gasteiger partial charge in [0.05, 0.1) is 5.56 Å². The summed E-state index contributed by atoms with van der Waals surface area (Å²) in [5.74, 6) is -1.74. The average molecular weight is 254 g/mol. The van der Waals surface area contributed by atoms with Gasteiger partial charge in [0.1, 0.15) is 11.6 Å². The molecule has 1 aromatic rings. The Balaban J connectivity index is 2.23. The maximum atomic E-state index is 13.5. The van der Waals surface area contributed by atoms with Crippen LogP contribution in [0.15, 0.2) is 18.2 Å². The molecule has 3 nitrogen and oxygen atoms in total. The SMILES string of the molecule is CC1(C)CN(C(=O)c2cc(F)ccc2F)CCN1. The molecule has 0 spiro atoms. The van der Waals surface area contributed by atoms with Gasteiger partial charge in [0.2, 0.25) is 0 Å². The van der Waals surface area contributed by atoms with Crippen LogP contribution < -0.4 is 5.32 Å². The summed E-state index contributed by atoms with van der Waals surface area (Å²) in [5, 5.41) is 3.26. The van der Waals surface area contributed by atoms with E-state index in [2.05, 4.69) is 5.32 Å². The minimum absolute atomic E-state index is 0.201. The van der Waals surface area contributed by atoms with Crippen LogP contribution in [0, 0.1) is 11.6 Å². The standard InChI is InChI=1S/C13H16F2N2O/c1-13(2)8-17(6-5-16-13)12(18)10-7-9(14)3-4-11(10)15/h3-4,7,16H,5-6,8H2,1-2H3. The Bertz CT molecular complexity index is 474. The molecular formula is C13H16F2N2O. The second kappa shape index (κ2) is 4.65. The molecule has 1 saturated heterocycles. The molecule has 0 atom stereocenters. The molecule has 0 saturated carbocycles. The van der Waals surface area contributed by atoms with Crippen LogP contribution in [-0.2, 0) is 0 Å². The van der Waals surface area contributed by atoms with Gasteiger partial charge in [-0.2, -0.15) is 0 Å². The molecule has 0 radical (unpaired) electrons. The van der Waals surface area contributed by atoms with E-state index in [0.717, 1.165) is 18.2 Å². The number of nitrogens with one attached hydrogen (secondary N) is 1. The van der Waals surface area contributed by atoms with Crippen LogP contribution in [0.4, 0.5) is 8.78 Å². The molecule has 1 fully saturated rings. The van der Waals surface area contributed by atoms with Gasteiger partial charge in [0.15, 0.2) is 0 Å². The summed E-state index contributed by atoms with van der Waals surface area (Å²) in [6.07, 6.45) is 0. The molecule has 1 aliphatic heterocycles. The zero-order chi connectivity index (χ0) is 13.3. The second-order valence-electron chi connectivity index (χ2n) is 5.16. The largest absolute Gasteiger partial charge is 0.335 e. The van der Waals surface area contributed by atoms with E-state index in [9.17, 15) is 13.6 Å². The summed E-state index contributed by atoms with van der Waals surface area (Å²) in [6.45, 7) is 5.55. The van der Waals surface area contributed by atoms with Crippen molar-refractivity contribution in [3.8, 4) is 0 Å². The van der Waals surface area contributed by atoms with Crippen LogP contribution in [0.2, 0.25) is 0 Å². The summed E-state index contributed by atoms with van der Waals surface area (Å²) in [5.41, 5.74) is -0.412. The molecule has 0 bridgehead atoms. The lowest BCUT2D eigenvalue weighted by atomic mass is 10.0. The Morgan fingerprint density at radius 1 is 1.39 bits per heavy atom. The van der Waals surface area contributed by atoms with Crippen LogP contribution in [-0.4, -0.2) is 36.0 Å². The molecule has 0 aromatic heterocycles. The highest BCUT2D eigenvalue weighted by Crippen LogP contribution is 2.16. The van der Waals surface area contributed by atoms with Crippen molar-refractivity contribution in [1.82, 2.24) is 10.2 Å². The molecule has 0 unspecified atom stereocenters. The third kappa shape index (κ3) is 2.67. The Hall–Kier alpha value is -1.49. The molecule has 1 heterocycles. The molecule has 5 heteroatoms. The first-order chi connectivity index (χ1) is 8.39. The number of carbonyl (C=O) groups is 1. The molecule has 1 N–H and O–H groups in total. The fourth-order valence-electron chi connectivity index (χ4n) is 2.15. The Morgan fingerprint density at radius 2 is 2.11 bits per heavy atom. The first kappa shape index (κ1) is 13.0. The van der Waals surface area contributed by atoms with Gasteiger partial charge in [-0.1, -0.05) is 0 Å². The van der Waals surface area contributed by atoms with Crippen molar-refractivity contribution in [3.05, 3.63) is 35.4 Å². The topological polar surface area (TPSA) is 32.3 Å². The van der Waals surface area contributed by atoms with E-state index in [4.69, 9.17) is 0 Å². The van der Waals surface area contributed by atoms with Crippen LogP contribution in [0.1, 0.15) is 24.2 Å². The number of halogens is 2. The van der Waals surface area contributed by atoms with Gasteiger partial charge in [-0.05, 0) is 32.0 Å². The zero-order valence-corrected chi connectivity index (χ0v) is 10.5. The zero-order valence-electron chi connectivity index (χ0n) is 10.5. The number of hydrogen-bond donors (Lipinski definition) is 1. The van der Waals surface area contributed by atoms with E-state index in [1.54, 1.807) is 4.90 Å². The van der Waals surface area contributed by atoms with Crippen molar-refractivity contribution >= 4 is 5.91 Å². The maximum Gasteiger partial charge on any atom is 0.257 e. The summed E-state index contributed by atoms with van der Waals surface area (Å²) in [6, 6.07) is 2.94. The highest BCUT2D eigenvalue weighted by atomic mass is 19.1. The molecule has 0 aliphatic carbocycles. The van der Waals surface area contributed by atoms with E-state index >= 15 is 0 Å². The number of nitrogens with zero attached hydrogens (tertiary/aromatic N) is 1. The van der Waals surface area contributed by atoms with Crippen molar-refractivity contribution < 1.29 is 13.6 Å². The van der Waals surface area contributed by atoms with Crippen LogP contribution in [0.3, 0.4) is 0 Å². The van der Waals surface area contributed by atoms with Crippen molar-refractivity contribution in [2.75, 3.05) is 19.6 Å². The number of benzene rings is 1. The van der Waals surface area contributed by atoms with Gasteiger partial charge in [-0.3, -0.25) is 4.79 Å². The van der Waals surface area contributed by atoms with Gasteiger partial charge in [-0.15, -0.1) is 0 Å². The summed E-state index contributed by atoms with van der Waals surface area (Å²) < 4.78 is 26.6. The van der Waals surface area contributed by atoms with E-state index in [0.29, 0.717) is 19.6 Å². The predicted octanol–water partition coefficient (Wildman–Crippen LogP) is 1.79. The van der Waals surface area contributed by atoms with Gasteiger partial charge >= 0.3 is 0 Å². The highest BCUT2D eigenvalue weighted by molar-refractivity contribution is 5.94. The molecule has 18 heavy (non-hydrogen) atoms. The monoisotopic (exact) mass is 254 g/mol. The normalized spacial score (nSPS) is 18.8. The van der Waals surface area contributed by atoms with Crippen molar-refractivity contribution in [1.29, 1.82) is 0 Å². The van der Waals surface area contributed by atoms with E-state index < -0.39 is 17.5 Å². The smallest absolute Gasteiger partial charge is 0.257 e. The summed E-state index contributed by atoms with van der Waals surface area (Å²) in [4.78, 5) is 13.7. The van der Waals surface area contributed by atoms with E-state index in [1.807, 2.05) is 13.8 Å². The minimum Gasteiger partial charge on any atom is -0.335 e. The summed E-state index contributed by atoms with van der Waals surface area (Å²) in [7, 11) is 0. The fraction of sp³-hybridized carbons (Fsp3) is 0.462. The average Bonchev–Trinajstić information content (AvgIpc) is 2.30. The maximum absolute atomic E-state index is 13.5. The quantitative estimate of drug-likeness (QED) is 0.828. The lowest BCUT2D eigenvalue weighted by molar-refractivity contribution is 0.0647. The third-order valence-corrected chi connectivity index (χ3v) is 3.02. The minimum atomic E-state index is -0.683. The molecule has 1 aliphatic rings. The van der Waals surface area contributed by atoms with Crippen molar-refractivity contribution in [3.63, 3.8) is 0 Å². The first-order valence-electron chi connectivity index (χ1n) is 5.88. The lowest BCUT2D eigenvalue weighted by Crippen LogP contribution is -2.58. The van der Waals surface area contributed by atoms with Gasteiger partial charge in [0.25, 0.3) is 5.91 Å². The van der Waals surface area contributed by atoms with Crippen molar-refractivity contribution in [2.45, 2.75) is 19.4 Å². The van der Waals surface area contributed by atoms with Gasteiger partial charge in [0, 0.05) is 25.2 Å². The molecule has 2 rings (SSSR count). The Kier molecular flexibility index (Phi) is 3.34. The lowest BCUT2D eigenvalue weighted by Gasteiger charge is -2.39. The highest BCUT2D eigenvalue weighted by Gasteiger charge is 2.30. The van der Waals surface area contributed by atoms with Crippen molar-refractivity contribution in [2.24, 2.45) is 0 Å². The molecule has 1 amide bonds. The number of rotatable bonds is 1. The Morgan fingerprint density at radius 3 is 2.78 bits per heavy atom. The van der Waals surface area contributed by atoms with Crippen LogP contribution in [0.5, 0.6) is 0 Å². The fourth-order valence-corrected chi connectivity index (χ4v) is 2.15. The number of piperazine rings is 1. The predicted molar refractivity (Wildman–Crippen MR) is 64.3 cm³/mol. The number of hydrogen-bond acceptors (Lipinski definition) is 2. The number of amides is 1. The molecular weight excluding hydrogens is 238 g/mol. The third-order valence-electron chi connectivity index (χ3n) is 3.02. The Labute approximate surface area is 105 Å². The van der Waals surface area contributed by atoms with Crippen LogP contribution >= 0.6 is 0 Å². The van der Waals surface area contributed by atoms with E-state index in [1.165, 1.54) is 0 Å². The summed E-state index contributed by atoms with van der Waals surface area (Å²) >= 11 is 0. The van der Waals surface area contributed by atoms with E-state index in [-0.39, 0.29) is 11.1 Å². The first-order valence-corrected chi connectivity index (χ1v) is 5.88. The van der Waals surface area contributed by atoms with Gasteiger partial charge < -0.3 is 10.2 Å². The number of carbonyl (C=O) groups excluding carboxylic acids is 1. The van der Waals surface area contributed by atoms with Gasteiger partial charge in [-0.25, -0.2) is 8.78 Å². The van der Waals surface area contributed by atoms with Crippen LogP contribution in [0.25, 0.3) is 0 Å². The molecule has 98 valence electrons. The second-order valence-corrected chi connectivity index (χ2v) is 5.16. The molecule has 1 aromatic carbocycles.